The molecule has 3 aliphatic rings. The third-order valence-corrected chi connectivity index (χ3v) is 8.59. The normalized spacial score (nSPS) is 35.9. The highest BCUT2D eigenvalue weighted by molar-refractivity contribution is 8.02. The third kappa shape index (κ3) is 3.22. The molecule has 0 aromatic carbocycles. The molecule has 2 bridgehead atoms. The number of hydrogen-bond acceptors (Lipinski definition) is 5. The maximum absolute atomic E-state index is 13.4. The molecule has 8 heteroatoms. The summed E-state index contributed by atoms with van der Waals surface area (Å²) in [6.07, 6.45) is 3.54. The minimum atomic E-state index is -0.622. The van der Waals surface area contributed by atoms with Gasteiger partial charge >= 0.3 is 0 Å². The summed E-state index contributed by atoms with van der Waals surface area (Å²) in [5.74, 6) is -1.08. The maximum Gasteiger partial charge on any atom is 0.244 e. The summed E-state index contributed by atoms with van der Waals surface area (Å²) in [7, 11) is 0. The van der Waals surface area contributed by atoms with Gasteiger partial charge in [0.1, 0.15) is 6.04 Å². The van der Waals surface area contributed by atoms with E-state index in [-0.39, 0.29) is 42.0 Å². The van der Waals surface area contributed by atoms with Gasteiger partial charge in [-0.1, -0.05) is 27.2 Å². The Labute approximate surface area is 171 Å². The van der Waals surface area contributed by atoms with Gasteiger partial charge in [-0.3, -0.25) is 14.4 Å². The number of unbranched alkanes of at least 4 members (excludes halogenated alkanes) is 1. The quantitative estimate of drug-likeness (QED) is 0.487. The van der Waals surface area contributed by atoms with Crippen LogP contribution in [0.5, 0.6) is 0 Å². The van der Waals surface area contributed by atoms with Gasteiger partial charge in [-0.2, -0.15) is 0 Å². The van der Waals surface area contributed by atoms with Crippen LogP contribution in [0.25, 0.3) is 0 Å². The molecular formula is C20H33N3O4S. The van der Waals surface area contributed by atoms with Crippen LogP contribution in [0.3, 0.4) is 0 Å². The van der Waals surface area contributed by atoms with Gasteiger partial charge in [-0.25, -0.2) is 0 Å². The van der Waals surface area contributed by atoms with Crippen LogP contribution >= 0.6 is 11.8 Å². The molecule has 0 aliphatic carbocycles. The van der Waals surface area contributed by atoms with Crippen LogP contribution in [0, 0.1) is 17.8 Å². The first-order valence-electron chi connectivity index (χ1n) is 10.6. The van der Waals surface area contributed by atoms with Crippen LogP contribution in [0.4, 0.5) is 0 Å². The van der Waals surface area contributed by atoms with Crippen molar-refractivity contribution >= 4 is 29.5 Å². The lowest BCUT2D eigenvalue weighted by Crippen LogP contribution is -2.56. The Morgan fingerprint density at radius 2 is 1.93 bits per heavy atom. The second-order valence-electron chi connectivity index (χ2n) is 8.24. The fourth-order valence-corrected chi connectivity index (χ4v) is 7.74. The van der Waals surface area contributed by atoms with Crippen LogP contribution in [-0.4, -0.2) is 70.0 Å². The predicted molar refractivity (Wildman–Crippen MR) is 109 cm³/mol. The number of β-amino-alcohol motifs (C(OH)–C–C–N with tert-alkyl or cyclic N) is 1. The molecule has 0 aromatic rings. The summed E-state index contributed by atoms with van der Waals surface area (Å²) in [6, 6.07) is -0.622. The maximum atomic E-state index is 13.4. The number of likely N-dealkylation sites (tertiary alicyclic amines) is 1. The van der Waals surface area contributed by atoms with E-state index in [0.29, 0.717) is 13.1 Å². The zero-order chi connectivity index (χ0) is 20.5. The van der Waals surface area contributed by atoms with E-state index in [1.807, 2.05) is 6.92 Å². The van der Waals surface area contributed by atoms with E-state index >= 15 is 0 Å². The van der Waals surface area contributed by atoms with E-state index in [2.05, 4.69) is 24.5 Å². The molecular weight excluding hydrogens is 378 g/mol. The number of thioether (sulfide) groups is 1. The van der Waals surface area contributed by atoms with Crippen LogP contribution in [0.15, 0.2) is 0 Å². The fraction of sp³-hybridized carbons (Fsp3) is 0.850. The van der Waals surface area contributed by atoms with E-state index in [9.17, 15) is 19.5 Å². The van der Waals surface area contributed by atoms with E-state index in [1.165, 1.54) is 4.90 Å². The number of carbonyl (C=O) groups is 3. The van der Waals surface area contributed by atoms with Gasteiger partial charge in [-0.15, -0.1) is 11.8 Å². The average molecular weight is 412 g/mol. The number of aliphatic hydroxyl groups is 1. The Bertz CT molecular complexity index is 631. The second kappa shape index (κ2) is 8.61. The molecule has 1 spiro atoms. The molecule has 3 N–H and O–H groups in total. The molecule has 3 heterocycles. The van der Waals surface area contributed by atoms with Crippen LogP contribution < -0.4 is 10.6 Å². The summed E-state index contributed by atoms with van der Waals surface area (Å²) in [5, 5.41) is 15.6. The van der Waals surface area contributed by atoms with Crippen molar-refractivity contribution < 1.29 is 19.5 Å². The molecule has 0 radical (unpaired) electrons. The van der Waals surface area contributed by atoms with Gasteiger partial charge in [0.2, 0.25) is 17.7 Å². The Hall–Kier alpha value is -1.28. The van der Waals surface area contributed by atoms with Gasteiger partial charge in [-0.05, 0) is 25.2 Å². The van der Waals surface area contributed by atoms with Crippen molar-refractivity contribution in [2.75, 3.05) is 26.2 Å². The second-order valence-corrected chi connectivity index (χ2v) is 9.79. The summed E-state index contributed by atoms with van der Waals surface area (Å²) in [6.45, 7) is 7.27. The van der Waals surface area contributed by atoms with Gasteiger partial charge < -0.3 is 20.6 Å². The summed E-state index contributed by atoms with van der Waals surface area (Å²) >= 11 is 1.67. The molecule has 0 saturated carbocycles. The number of nitrogens with zero attached hydrogens (tertiary/aromatic N) is 1. The van der Waals surface area contributed by atoms with Crippen molar-refractivity contribution in [1.29, 1.82) is 0 Å². The zero-order valence-corrected chi connectivity index (χ0v) is 17.9. The highest BCUT2D eigenvalue weighted by atomic mass is 32.2. The van der Waals surface area contributed by atoms with Crippen molar-refractivity contribution in [2.45, 2.75) is 62.5 Å². The Morgan fingerprint density at radius 1 is 1.21 bits per heavy atom. The number of nitrogens with one attached hydrogen (secondary N) is 2. The number of rotatable bonds is 9. The first kappa shape index (κ1) is 21.4. The SMILES string of the molecule is CCCCNC(=O)C1N(CCO)C(=O)[C@@H]2[C@@H](C(=O)NCCC)[C@H]3CC(C)C12S3. The van der Waals surface area contributed by atoms with Crippen molar-refractivity contribution in [2.24, 2.45) is 17.8 Å². The summed E-state index contributed by atoms with van der Waals surface area (Å²) in [5.41, 5.74) is 0. The first-order chi connectivity index (χ1) is 13.4. The third-order valence-electron chi connectivity index (χ3n) is 6.52. The molecule has 0 aromatic heterocycles. The minimum Gasteiger partial charge on any atom is -0.395 e. The molecule has 3 aliphatic heterocycles. The summed E-state index contributed by atoms with van der Waals surface area (Å²) < 4.78 is -0.582. The van der Waals surface area contributed by atoms with E-state index in [4.69, 9.17) is 0 Å². The van der Waals surface area contributed by atoms with E-state index in [1.54, 1.807) is 11.8 Å². The molecule has 3 unspecified atom stereocenters. The van der Waals surface area contributed by atoms with E-state index < -0.39 is 22.6 Å². The largest absolute Gasteiger partial charge is 0.395 e. The molecule has 158 valence electrons. The van der Waals surface area contributed by atoms with Gasteiger partial charge in [0.25, 0.3) is 0 Å². The van der Waals surface area contributed by atoms with Crippen molar-refractivity contribution in [3.63, 3.8) is 0 Å². The van der Waals surface area contributed by atoms with Gasteiger partial charge in [0, 0.05) is 24.9 Å². The van der Waals surface area contributed by atoms with Crippen LogP contribution in [0.2, 0.25) is 0 Å². The van der Waals surface area contributed by atoms with Crippen molar-refractivity contribution in [3.05, 3.63) is 0 Å². The molecule has 3 saturated heterocycles. The molecule has 3 amide bonds. The molecule has 7 nitrogen and oxygen atoms in total. The Kier molecular flexibility index (Phi) is 6.59. The number of amides is 3. The predicted octanol–water partition coefficient (Wildman–Crippen LogP) is 0.758. The van der Waals surface area contributed by atoms with Gasteiger partial charge in [0.05, 0.1) is 23.2 Å². The number of hydrogen-bond donors (Lipinski definition) is 3. The highest BCUT2D eigenvalue weighted by Gasteiger charge is 2.75. The van der Waals surface area contributed by atoms with Gasteiger partial charge in [0.15, 0.2) is 0 Å². The molecule has 6 atom stereocenters. The van der Waals surface area contributed by atoms with E-state index in [0.717, 1.165) is 25.7 Å². The summed E-state index contributed by atoms with van der Waals surface area (Å²) in [4.78, 5) is 41.0. The first-order valence-corrected chi connectivity index (χ1v) is 11.5. The molecule has 3 fully saturated rings. The number of carbonyl (C=O) groups excluding carboxylic acids is 3. The zero-order valence-electron chi connectivity index (χ0n) is 17.1. The highest BCUT2D eigenvalue weighted by Crippen LogP contribution is 2.68. The lowest BCUT2D eigenvalue weighted by Gasteiger charge is -2.38. The van der Waals surface area contributed by atoms with Crippen molar-refractivity contribution in [3.8, 4) is 0 Å². The lowest BCUT2D eigenvalue weighted by atomic mass is 9.66. The van der Waals surface area contributed by atoms with Crippen LogP contribution in [-0.2, 0) is 14.4 Å². The van der Waals surface area contributed by atoms with Crippen LogP contribution in [0.1, 0.15) is 46.5 Å². The molecule has 28 heavy (non-hydrogen) atoms. The average Bonchev–Trinajstić information content (AvgIpc) is 3.25. The topological polar surface area (TPSA) is 98.7 Å². The number of fused-ring (bicyclic) bond motifs is 1. The molecule has 3 rings (SSSR count). The monoisotopic (exact) mass is 411 g/mol. The standard InChI is InChI=1S/C20H33N3O4S/c1-4-6-8-22-18(26)16-20-12(3)11-13(28-20)14(17(25)21-7-5-2)15(20)19(27)23(16)9-10-24/h12-16,24H,4-11H2,1-3H3,(H,21,25)(H,22,26)/t12?,13-,14+,15+,16?,20?/m1/s1. The smallest absolute Gasteiger partial charge is 0.244 e. The minimum absolute atomic E-state index is 0.0672. The number of aliphatic hydroxyl groups excluding tert-OH is 1. The Balaban J connectivity index is 1.93. The fourth-order valence-electron chi connectivity index (χ4n) is 5.32. The van der Waals surface area contributed by atoms with Crippen molar-refractivity contribution in [1.82, 2.24) is 15.5 Å². The Morgan fingerprint density at radius 3 is 2.57 bits per heavy atom. The lowest BCUT2D eigenvalue weighted by molar-refractivity contribution is -0.140.